The summed E-state index contributed by atoms with van der Waals surface area (Å²) in [5.74, 6) is -0.257. The number of carbonyl (C=O) groups is 2. The van der Waals surface area contributed by atoms with Gasteiger partial charge in [0.25, 0.3) is 5.56 Å². The van der Waals surface area contributed by atoms with Gasteiger partial charge in [0.05, 0.1) is 5.52 Å². The van der Waals surface area contributed by atoms with Crippen LogP contribution in [0.1, 0.15) is 43.8 Å². The molecule has 1 aromatic heterocycles. The van der Waals surface area contributed by atoms with Crippen molar-refractivity contribution in [1.82, 2.24) is 9.47 Å². The fraction of sp³-hybridized carbons (Fsp3) is 0.375. The molecule has 0 aliphatic carbocycles. The first-order valence-corrected chi connectivity index (χ1v) is 10.7. The molecule has 0 atom stereocenters. The van der Waals surface area contributed by atoms with Crippen LogP contribution in [-0.4, -0.2) is 40.9 Å². The highest BCUT2D eigenvalue weighted by Crippen LogP contribution is 2.26. The second-order valence-electron chi connectivity index (χ2n) is 7.87. The molecule has 2 heterocycles. The summed E-state index contributed by atoms with van der Waals surface area (Å²) in [6.07, 6.45) is 4.39. The molecule has 0 spiro atoms. The number of piperidine rings is 1. The predicted molar refractivity (Wildman–Crippen MR) is 120 cm³/mol. The van der Waals surface area contributed by atoms with Crippen LogP contribution < -0.4 is 10.9 Å². The van der Waals surface area contributed by atoms with E-state index in [-0.39, 0.29) is 23.8 Å². The average Bonchev–Trinajstić information content (AvgIpc) is 2.78. The Bertz CT molecular complexity index is 1160. The SMILES string of the molecule is CCC(=O)n1c(=O)c2ccc(NC(=O)CCN3CCCCC3)cc2c2ccccc21. The minimum Gasteiger partial charge on any atom is -0.326 e. The van der Waals surface area contributed by atoms with Crippen LogP contribution in [0, 0.1) is 0 Å². The van der Waals surface area contributed by atoms with E-state index >= 15 is 0 Å². The number of carbonyl (C=O) groups excluding carboxylic acids is 2. The Kier molecular flexibility index (Phi) is 5.95. The maximum absolute atomic E-state index is 13.0. The lowest BCUT2D eigenvalue weighted by atomic mass is 10.0. The number of benzene rings is 2. The van der Waals surface area contributed by atoms with Gasteiger partial charge in [0.2, 0.25) is 11.8 Å². The maximum Gasteiger partial charge on any atom is 0.265 e. The third kappa shape index (κ3) is 4.00. The molecule has 156 valence electrons. The van der Waals surface area contributed by atoms with Crippen molar-refractivity contribution >= 4 is 39.2 Å². The van der Waals surface area contributed by atoms with E-state index < -0.39 is 0 Å². The molecule has 6 nitrogen and oxygen atoms in total. The van der Waals surface area contributed by atoms with E-state index in [9.17, 15) is 14.4 Å². The summed E-state index contributed by atoms with van der Waals surface area (Å²) in [7, 11) is 0. The summed E-state index contributed by atoms with van der Waals surface area (Å²) in [6, 6.07) is 12.7. The first-order chi connectivity index (χ1) is 14.6. The summed E-state index contributed by atoms with van der Waals surface area (Å²) in [4.78, 5) is 40.2. The van der Waals surface area contributed by atoms with Gasteiger partial charge in [-0.2, -0.15) is 0 Å². The van der Waals surface area contributed by atoms with E-state index in [2.05, 4.69) is 10.2 Å². The van der Waals surface area contributed by atoms with E-state index in [0.717, 1.165) is 30.4 Å². The van der Waals surface area contributed by atoms with Crippen molar-refractivity contribution in [1.29, 1.82) is 0 Å². The van der Waals surface area contributed by atoms with Crippen LogP contribution in [0.25, 0.3) is 21.7 Å². The normalized spacial score (nSPS) is 14.8. The average molecular weight is 405 g/mol. The lowest BCUT2D eigenvalue weighted by molar-refractivity contribution is -0.116. The Morgan fingerprint density at radius 1 is 0.967 bits per heavy atom. The van der Waals surface area contributed by atoms with Gasteiger partial charge >= 0.3 is 0 Å². The molecule has 1 fully saturated rings. The second-order valence-corrected chi connectivity index (χ2v) is 7.87. The minimum atomic E-state index is -0.321. The molecule has 1 aliphatic rings. The van der Waals surface area contributed by atoms with Crippen molar-refractivity contribution < 1.29 is 9.59 Å². The topological polar surface area (TPSA) is 71.4 Å². The number of amides is 1. The molecule has 1 saturated heterocycles. The summed E-state index contributed by atoms with van der Waals surface area (Å²) >= 11 is 0. The first kappa shape index (κ1) is 20.3. The number of nitrogens with zero attached hydrogens (tertiary/aromatic N) is 2. The molecule has 0 radical (unpaired) electrons. The van der Waals surface area contributed by atoms with Gasteiger partial charge in [-0.05, 0) is 55.6 Å². The van der Waals surface area contributed by atoms with Crippen molar-refractivity contribution in [2.24, 2.45) is 0 Å². The van der Waals surface area contributed by atoms with Crippen LogP contribution in [-0.2, 0) is 4.79 Å². The second kappa shape index (κ2) is 8.79. The molecule has 6 heteroatoms. The van der Waals surface area contributed by atoms with E-state index in [1.807, 2.05) is 24.3 Å². The number of nitrogens with one attached hydrogen (secondary N) is 1. The molecular weight excluding hydrogens is 378 g/mol. The van der Waals surface area contributed by atoms with Crippen LogP contribution in [0.15, 0.2) is 47.3 Å². The fourth-order valence-electron chi connectivity index (χ4n) is 4.23. The van der Waals surface area contributed by atoms with Gasteiger partial charge in [0.15, 0.2) is 0 Å². The lowest BCUT2D eigenvalue weighted by Crippen LogP contribution is -2.32. The summed E-state index contributed by atoms with van der Waals surface area (Å²) in [5.41, 5.74) is 0.934. The van der Waals surface area contributed by atoms with Gasteiger partial charge in [-0.15, -0.1) is 0 Å². The van der Waals surface area contributed by atoms with E-state index in [1.54, 1.807) is 25.1 Å². The van der Waals surface area contributed by atoms with Crippen LogP contribution >= 0.6 is 0 Å². The highest BCUT2D eigenvalue weighted by atomic mass is 16.2. The van der Waals surface area contributed by atoms with Gasteiger partial charge in [-0.3, -0.25) is 14.4 Å². The number of pyridine rings is 1. The van der Waals surface area contributed by atoms with Gasteiger partial charge in [-0.1, -0.05) is 31.5 Å². The molecule has 1 N–H and O–H groups in total. The van der Waals surface area contributed by atoms with Crippen LogP contribution in [0.2, 0.25) is 0 Å². The van der Waals surface area contributed by atoms with Gasteiger partial charge in [0.1, 0.15) is 0 Å². The minimum absolute atomic E-state index is 0.0290. The summed E-state index contributed by atoms with van der Waals surface area (Å²) in [6.45, 7) is 4.65. The third-order valence-electron chi connectivity index (χ3n) is 5.83. The smallest absolute Gasteiger partial charge is 0.265 e. The molecule has 2 aromatic carbocycles. The zero-order chi connectivity index (χ0) is 21.1. The highest BCUT2D eigenvalue weighted by Gasteiger charge is 2.16. The Morgan fingerprint density at radius 2 is 1.73 bits per heavy atom. The molecule has 4 rings (SSSR count). The van der Waals surface area contributed by atoms with Gasteiger partial charge in [-0.25, -0.2) is 4.57 Å². The Hall–Kier alpha value is -2.99. The third-order valence-corrected chi connectivity index (χ3v) is 5.83. The first-order valence-electron chi connectivity index (χ1n) is 10.7. The molecule has 3 aromatic rings. The number of likely N-dealkylation sites (tertiary alicyclic amines) is 1. The van der Waals surface area contributed by atoms with Crippen molar-refractivity contribution in [2.45, 2.75) is 39.0 Å². The maximum atomic E-state index is 13.0. The van der Waals surface area contributed by atoms with Gasteiger partial charge < -0.3 is 10.2 Å². The van der Waals surface area contributed by atoms with Crippen molar-refractivity contribution in [3.8, 4) is 0 Å². The number of anilines is 1. The number of fused-ring (bicyclic) bond motifs is 3. The highest BCUT2D eigenvalue weighted by molar-refractivity contribution is 6.10. The number of hydrogen-bond acceptors (Lipinski definition) is 4. The molecule has 30 heavy (non-hydrogen) atoms. The van der Waals surface area contributed by atoms with Crippen molar-refractivity contribution in [2.75, 3.05) is 25.0 Å². The zero-order valence-corrected chi connectivity index (χ0v) is 17.3. The quantitative estimate of drug-likeness (QED) is 0.651. The lowest BCUT2D eigenvalue weighted by Gasteiger charge is -2.25. The van der Waals surface area contributed by atoms with Crippen molar-refractivity contribution in [3.63, 3.8) is 0 Å². The monoisotopic (exact) mass is 405 g/mol. The molecule has 1 aliphatic heterocycles. The Labute approximate surface area is 175 Å². The Balaban J connectivity index is 1.64. The zero-order valence-electron chi connectivity index (χ0n) is 17.3. The number of para-hydroxylation sites is 1. The molecule has 0 saturated carbocycles. The van der Waals surface area contributed by atoms with E-state index in [1.165, 1.54) is 23.8 Å². The molecule has 0 unspecified atom stereocenters. The fourth-order valence-corrected chi connectivity index (χ4v) is 4.23. The molecular formula is C24H27N3O3. The summed E-state index contributed by atoms with van der Waals surface area (Å²) < 4.78 is 1.26. The standard InChI is InChI=1S/C24H27N3O3/c1-2-23(29)27-21-9-5-4-8-18(21)20-16-17(10-11-19(20)24(27)30)25-22(28)12-15-26-13-6-3-7-14-26/h4-5,8-11,16H,2-3,6-7,12-15H2,1H3,(H,25,28). The summed E-state index contributed by atoms with van der Waals surface area (Å²) in [5, 5.41) is 5.00. The number of aromatic nitrogens is 1. The molecule has 1 amide bonds. The largest absolute Gasteiger partial charge is 0.326 e. The number of hydrogen-bond donors (Lipinski definition) is 1. The van der Waals surface area contributed by atoms with Gasteiger partial charge in [0, 0.05) is 35.8 Å². The van der Waals surface area contributed by atoms with Crippen LogP contribution in [0.4, 0.5) is 5.69 Å². The Morgan fingerprint density at radius 3 is 2.50 bits per heavy atom. The number of rotatable bonds is 5. The van der Waals surface area contributed by atoms with Crippen LogP contribution in [0.5, 0.6) is 0 Å². The van der Waals surface area contributed by atoms with Crippen molar-refractivity contribution in [3.05, 3.63) is 52.8 Å². The predicted octanol–water partition coefficient (Wildman–Crippen LogP) is 4.02. The van der Waals surface area contributed by atoms with Crippen LogP contribution in [0.3, 0.4) is 0 Å². The van der Waals surface area contributed by atoms with E-state index in [0.29, 0.717) is 23.0 Å². The van der Waals surface area contributed by atoms with E-state index in [4.69, 9.17) is 0 Å². The molecule has 0 bridgehead atoms.